The molecule has 3 rings (SSSR count). The van der Waals surface area contributed by atoms with Crippen LogP contribution in [-0.2, 0) is 9.53 Å². The van der Waals surface area contributed by atoms with Crippen molar-refractivity contribution < 1.29 is 19.1 Å². The van der Waals surface area contributed by atoms with Crippen molar-refractivity contribution >= 4 is 23.5 Å². The molecule has 0 radical (unpaired) electrons. The lowest BCUT2D eigenvalue weighted by atomic mass is 10.1. The van der Waals surface area contributed by atoms with Gasteiger partial charge in [-0.15, -0.1) is 0 Å². The summed E-state index contributed by atoms with van der Waals surface area (Å²) in [7, 11) is 0. The Labute approximate surface area is 193 Å². The fourth-order valence-electron chi connectivity index (χ4n) is 3.58. The first-order chi connectivity index (χ1) is 15.8. The van der Waals surface area contributed by atoms with Gasteiger partial charge in [-0.2, -0.15) is 5.10 Å². The van der Waals surface area contributed by atoms with Crippen LogP contribution in [0.2, 0.25) is 0 Å². The second-order valence-corrected chi connectivity index (χ2v) is 7.48. The van der Waals surface area contributed by atoms with Gasteiger partial charge in [0.15, 0.2) is 6.61 Å². The molecule has 0 spiro atoms. The van der Waals surface area contributed by atoms with Crippen molar-refractivity contribution in [1.29, 1.82) is 0 Å². The molecule has 1 aromatic heterocycles. The molecule has 1 N–H and O–H groups in total. The highest BCUT2D eigenvalue weighted by Gasteiger charge is 2.22. The molecule has 0 atom stereocenters. The third-order valence-electron chi connectivity index (χ3n) is 5.27. The lowest BCUT2D eigenvalue weighted by Gasteiger charge is -2.19. The van der Waals surface area contributed by atoms with Crippen LogP contribution < -0.4 is 5.32 Å². The highest BCUT2D eigenvalue weighted by atomic mass is 16.5. The van der Waals surface area contributed by atoms with Gasteiger partial charge in [0.1, 0.15) is 5.56 Å². The Hall–Kier alpha value is -3.94. The normalized spacial score (nSPS) is 10.5. The van der Waals surface area contributed by atoms with Gasteiger partial charge in [0.05, 0.1) is 17.1 Å². The van der Waals surface area contributed by atoms with Crippen molar-refractivity contribution in [1.82, 2.24) is 14.7 Å². The number of ether oxygens (including phenoxy) is 1. The highest BCUT2D eigenvalue weighted by Crippen LogP contribution is 2.19. The molecule has 1 heterocycles. The van der Waals surface area contributed by atoms with E-state index >= 15 is 0 Å². The van der Waals surface area contributed by atoms with Crippen LogP contribution in [0.1, 0.15) is 46.0 Å². The van der Waals surface area contributed by atoms with Crippen molar-refractivity contribution in [2.24, 2.45) is 0 Å². The number of anilines is 1. The van der Waals surface area contributed by atoms with E-state index in [0.717, 1.165) is 5.69 Å². The van der Waals surface area contributed by atoms with Gasteiger partial charge in [-0.1, -0.05) is 24.3 Å². The molecule has 0 bridgehead atoms. The smallest absolute Gasteiger partial charge is 0.342 e. The van der Waals surface area contributed by atoms with Crippen molar-refractivity contribution in [2.75, 3.05) is 25.0 Å². The molecule has 3 aromatic rings. The summed E-state index contributed by atoms with van der Waals surface area (Å²) >= 11 is 0. The molecule has 0 unspecified atom stereocenters. The van der Waals surface area contributed by atoms with Crippen LogP contribution in [0, 0.1) is 13.8 Å². The summed E-state index contributed by atoms with van der Waals surface area (Å²) in [4.78, 5) is 39.3. The second-order valence-electron chi connectivity index (χ2n) is 7.48. The Balaban J connectivity index is 1.64. The maximum Gasteiger partial charge on any atom is 0.342 e. The van der Waals surface area contributed by atoms with Gasteiger partial charge < -0.3 is 15.0 Å². The van der Waals surface area contributed by atoms with E-state index in [1.54, 1.807) is 47.7 Å². The third-order valence-corrected chi connectivity index (χ3v) is 5.27. The maximum atomic E-state index is 12.7. The van der Waals surface area contributed by atoms with Gasteiger partial charge in [-0.05, 0) is 58.0 Å². The average Bonchev–Trinajstić information content (AvgIpc) is 3.12. The Morgan fingerprint density at radius 1 is 1.00 bits per heavy atom. The number of esters is 1. The number of aromatic nitrogens is 2. The summed E-state index contributed by atoms with van der Waals surface area (Å²) in [6.07, 6.45) is 0. The molecule has 172 valence electrons. The predicted octanol–water partition coefficient (Wildman–Crippen LogP) is 3.77. The Morgan fingerprint density at radius 3 is 2.36 bits per heavy atom. The number of amides is 2. The van der Waals surface area contributed by atoms with Crippen molar-refractivity contribution in [3.63, 3.8) is 0 Å². The van der Waals surface area contributed by atoms with Crippen molar-refractivity contribution in [3.8, 4) is 5.69 Å². The fourth-order valence-corrected chi connectivity index (χ4v) is 3.58. The van der Waals surface area contributed by atoms with E-state index in [0.29, 0.717) is 41.3 Å². The van der Waals surface area contributed by atoms with E-state index in [1.807, 2.05) is 44.2 Å². The van der Waals surface area contributed by atoms with Crippen LogP contribution in [-0.4, -0.2) is 52.2 Å². The average molecular weight is 449 g/mol. The van der Waals surface area contributed by atoms with Crippen LogP contribution >= 0.6 is 0 Å². The number of carbonyl (C=O) groups excluding carboxylic acids is 3. The number of nitrogens with zero attached hydrogens (tertiary/aromatic N) is 3. The lowest BCUT2D eigenvalue weighted by molar-refractivity contribution is -0.119. The molecule has 0 fully saturated rings. The lowest BCUT2D eigenvalue weighted by Crippen LogP contribution is -2.30. The van der Waals surface area contributed by atoms with Crippen LogP contribution in [0.5, 0.6) is 0 Å². The zero-order chi connectivity index (χ0) is 24.0. The highest BCUT2D eigenvalue weighted by molar-refractivity contribution is 5.99. The number of nitrogens with one attached hydrogen (secondary N) is 1. The van der Waals surface area contributed by atoms with Gasteiger partial charge in [0, 0.05) is 24.3 Å². The number of hydrogen-bond acceptors (Lipinski definition) is 5. The molecular formula is C25H28N4O4. The standard InChI is InChI=1S/C25H28N4O4/c1-5-28(6-2)24(31)19-11-10-12-20(15-19)26-22(30)16-33-25(32)23-17(3)27-29(18(23)4)21-13-8-7-9-14-21/h7-15H,5-6,16H2,1-4H3,(H,26,30). The summed E-state index contributed by atoms with van der Waals surface area (Å²) < 4.78 is 6.92. The SMILES string of the molecule is CCN(CC)C(=O)c1cccc(NC(=O)COC(=O)c2c(C)nn(-c3ccccc3)c2C)c1. The van der Waals surface area contributed by atoms with E-state index < -0.39 is 18.5 Å². The fraction of sp³-hybridized carbons (Fsp3) is 0.280. The first-order valence-corrected chi connectivity index (χ1v) is 10.8. The summed E-state index contributed by atoms with van der Waals surface area (Å²) in [6.45, 7) is 8.07. The molecule has 2 amide bonds. The van der Waals surface area contributed by atoms with Crippen molar-refractivity contribution in [2.45, 2.75) is 27.7 Å². The maximum absolute atomic E-state index is 12.7. The Bertz CT molecular complexity index is 1150. The molecule has 8 heteroatoms. The largest absolute Gasteiger partial charge is 0.452 e. The minimum atomic E-state index is -0.618. The number of hydrogen-bond donors (Lipinski definition) is 1. The van der Waals surface area contributed by atoms with E-state index in [9.17, 15) is 14.4 Å². The van der Waals surface area contributed by atoms with Gasteiger partial charge >= 0.3 is 5.97 Å². The predicted molar refractivity (Wildman–Crippen MR) is 126 cm³/mol. The number of carbonyl (C=O) groups is 3. The van der Waals surface area contributed by atoms with Gasteiger partial charge in [0.2, 0.25) is 0 Å². The van der Waals surface area contributed by atoms with E-state index in [4.69, 9.17) is 4.74 Å². The third kappa shape index (κ3) is 5.46. The van der Waals surface area contributed by atoms with Gasteiger partial charge in [-0.25, -0.2) is 9.48 Å². The monoisotopic (exact) mass is 448 g/mol. The van der Waals surface area contributed by atoms with Crippen molar-refractivity contribution in [3.05, 3.63) is 77.1 Å². The molecule has 0 saturated carbocycles. The first kappa shape index (κ1) is 23.7. The van der Waals surface area contributed by atoms with E-state index in [-0.39, 0.29) is 5.91 Å². The number of para-hydroxylation sites is 1. The summed E-state index contributed by atoms with van der Waals surface area (Å²) in [6, 6.07) is 16.1. The van der Waals surface area contributed by atoms with Gasteiger partial charge in [-0.3, -0.25) is 9.59 Å². The van der Waals surface area contributed by atoms with Crippen LogP contribution in [0.25, 0.3) is 5.69 Å². The second kappa shape index (κ2) is 10.6. The van der Waals surface area contributed by atoms with Crippen LogP contribution in [0.15, 0.2) is 54.6 Å². The Kier molecular flexibility index (Phi) is 7.61. The zero-order valence-corrected chi connectivity index (χ0v) is 19.3. The summed E-state index contributed by atoms with van der Waals surface area (Å²) in [5.41, 5.74) is 3.25. The molecule has 33 heavy (non-hydrogen) atoms. The van der Waals surface area contributed by atoms with E-state index in [1.165, 1.54) is 0 Å². The van der Waals surface area contributed by atoms with Crippen LogP contribution in [0.4, 0.5) is 5.69 Å². The van der Waals surface area contributed by atoms with E-state index in [2.05, 4.69) is 10.4 Å². The number of aryl methyl sites for hydroxylation is 1. The molecule has 0 aliphatic carbocycles. The topological polar surface area (TPSA) is 93.5 Å². The molecule has 2 aromatic carbocycles. The van der Waals surface area contributed by atoms with Crippen LogP contribution in [0.3, 0.4) is 0 Å². The molecular weight excluding hydrogens is 420 g/mol. The molecule has 8 nitrogen and oxygen atoms in total. The number of rotatable bonds is 8. The number of benzene rings is 2. The summed E-state index contributed by atoms with van der Waals surface area (Å²) in [5.74, 6) is -1.22. The minimum absolute atomic E-state index is 0.107. The molecule has 0 aliphatic heterocycles. The molecule has 0 aliphatic rings. The zero-order valence-electron chi connectivity index (χ0n) is 19.3. The quantitative estimate of drug-likeness (QED) is 0.530. The van der Waals surface area contributed by atoms with Gasteiger partial charge in [0.25, 0.3) is 11.8 Å². The first-order valence-electron chi connectivity index (χ1n) is 10.8. The summed E-state index contributed by atoms with van der Waals surface area (Å²) in [5, 5.41) is 7.10. The molecule has 0 saturated heterocycles. The minimum Gasteiger partial charge on any atom is -0.452 e. The Morgan fingerprint density at radius 2 is 1.70 bits per heavy atom.